The Kier molecular flexibility index (Phi) is 3.67. The number of hydrogen-bond acceptors (Lipinski definition) is 7. The Bertz CT molecular complexity index is 584. The lowest BCUT2D eigenvalue weighted by atomic mass is 10.2. The van der Waals surface area contributed by atoms with Gasteiger partial charge in [-0.05, 0) is 13.8 Å². The number of aromatic nitrogens is 2. The maximum Gasteiger partial charge on any atom is 0.313 e. The van der Waals surface area contributed by atoms with Gasteiger partial charge in [0.25, 0.3) is 11.8 Å². The number of hydrogen-bond donors (Lipinski definition) is 1. The van der Waals surface area contributed by atoms with Crippen LogP contribution in [0.1, 0.15) is 13.8 Å². The van der Waals surface area contributed by atoms with E-state index in [1.165, 1.54) is 0 Å². The summed E-state index contributed by atoms with van der Waals surface area (Å²) in [7, 11) is 0. The van der Waals surface area contributed by atoms with Gasteiger partial charge in [0.1, 0.15) is 0 Å². The van der Waals surface area contributed by atoms with Crippen LogP contribution in [0.4, 0.5) is 5.13 Å². The van der Waals surface area contributed by atoms with E-state index in [0.717, 1.165) is 28.0 Å². The molecule has 2 heterocycles. The zero-order valence-corrected chi connectivity index (χ0v) is 11.7. The molecule has 0 fully saturated rings. The van der Waals surface area contributed by atoms with Gasteiger partial charge in [0.15, 0.2) is 4.34 Å². The molecular weight excluding hydrogens is 290 g/mol. The molecule has 1 N–H and O–H groups in total. The SMILES string of the molecule is CC1=C(C)C(=O)N(c2nnc(SCC(=O)O)s2)C1=O. The average molecular weight is 299 g/mol. The van der Waals surface area contributed by atoms with Gasteiger partial charge in [-0.3, -0.25) is 14.4 Å². The molecule has 1 aliphatic heterocycles. The fraction of sp³-hybridized carbons (Fsp3) is 0.300. The Morgan fingerprint density at radius 2 is 1.84 bits per heavy atom. The Balaban J connectivity index is 2.18. The van der Waals surface area contributed by atoms with Gasteiger partial charge in [0.2, 0.25) is 5.13 Å². The number of carbonyl (C=O) groups excluding carboxylic acids is 2. The molecular formula is C10H9N3O4S2. The van der Waals surface area contributed by atoms with Crippen molar-refractivity contribution in [1.29, 1.82) is 0 Å². The van der Waals surface area contributed by atoms with Crippen LogP contribution in [0.3, 0.4) is 0 Å². The number of carboxylic acid groups (broad SMARTS) is 1. The number of thioether (sulfide) groups is 1. The van der Waals surface area contributed by atoms with Crippen LogP contribution < -0.4 is 4.90 Å². The number of aliphatic carboxylic acids is 1. The van der Waals surface area contributed by atoms with Crippen LogP contribution in [-0.4, -0.2) is 38.8 Å². The predicted molar refractivity (Wildman–Crippen MR) is 69.1 cm³/mol. The largest absolute Gasteiger partial charge is 0.481 e. The molecule has 0 saturated heterocycles. The lowest BCUT2D eigenvalue weighted by Crippen LogP contribution is -2.31. The van der Waals surface area contributed by atoms with Gasteiger partial charge >= 0.3 is 5.97 Å². The molecule has 9 heteroatoms. The van der Waals surface area contributed by atoms with Crippen molar-refractivity contribution in [1.82, 2.24) is 10.2 Å². The third kappa shape index (κ3) is 2.51. The average Bonchev–Trinajstić information content (AvgIpc) is 2.88. The first kappa shape index (κ1) is 13.7. The summed E-state index contributed by atoms with van der Waals surface area (Å²) in [4.78, 5) is 35.2. The molecule has 0 aromatic carbocycles. The number of amides is 2. The zero-order chi connectivity index (χ0) is 14.2. The summed E-state index contributed by atoms with van der Waals surface area (Å²) in [6.45, 7) is 3.16. The van der Waals surface area contributed by atoms with E-state index in [4.69, 9.17) is 5.11 Å². The highest BCUT2D eigenvalue weighted by Gasteiger charge is 2.36. The Morgan fingerprint density at radius 1 is 1.26 bits per heavy atom. The van der Waals surface area contributed by atoms with Crippen LogP contribution in [0.2, 0.25) is 0 Å². The zero-order valence-electron chi connectivity index (χ0n) is 10.0. The fourth-order valence-corrected chi connectivity index (χ4v) is 2.96. The molecule has 2 amide bonds. The number of anilines is 1. The molecule has 0 bridgehead atoms. The summed E-state index contributed by atoms with van der Waals surface area (Å²) in [6.07, 6.45) is 0. The number of rotatable bonds is 4. The van der Waals surface area contributed by atoms with Crippen LogP contribution in [0, 0.1) is 0 Å². The van der Waals surface area contributed by atoms with Crippen molar-refractivity contribution >= 4 is 46.0 Å². The first-order chi connectivity index (χ1) is 8.91. The van der Waals surface area contributed by atoms with E-state index in [1.54, 1.807) is 13.8 Å². The summed E-state index contributed by atoms with van der Waals surface area (Å²) in [5, 5.41) is 16.2. The lowest BCUT2D eigenvalue weighted by molar-refractivity contribution is -0.134. The minimum absolute atomic E-state index is 0.146. The van der Waals surface area contributed by atoms with E-state index >= 15 is 0 Å². The van der Waals surface area contributed by atoms with E-state index < -0.39 is 17.8 Å². The highest BCUT2D eigenvalue weighted by atomic mass is 32.2. The van der Waals surface area contributed by atoms with Crippen molar-refractivity contribution in [2.75, 3.05) is 10.7 Å². The van der Waals surface area contributed by atoms with Gasteiger partial charge in [-0.2, -0.15) is 0 Å². The molecule has 0 radical (unpaired) electrons. The lowest BCUT2D eigenvalue weighted by Gasteiger charge is -2.08. The summed E-state index contributed by atoms with van der Waals surface area (Å²) >= 11 is 2.01. The first-order valence-electron chi connectivity index (χ1n) is 5.16. The molecule has 1 aromatic rings. The van der Waals surface area contributed by atoms with Crippen molar-refractivity contribution in [3.05, 3.63) is 11.1 Å². The third-order valence-corrected chi connectivity index (χ3v) is 4.54. The fourth-order valence-electron chi connectivity index (χ4n) is 1.40. The topological polar surface area (TPSA) is 100 Å². The van der Waals surface area contributed by atoms with Gasteiger partial charge in [0, 0.05) is 11.1 Å². The van der Waals surface area contributed by atoms with E-state index in [2.05, 4.69) is 10.2 Å². The third-order valence-electron chi connectivity index (χ3n) is 2.52. The molecule has 0 atom stereocenters. The van der Waals surface area contributed by atoms with Crippen molar-refractivity contribution in [3.63, 3.8) is 0 Å². The quantitative estimate of drug-likeness (QED) is 0.501. The second kappa shape index (κ2) is 5.10. The normalized spacial score (nSPS) is 15.6. The molecule has 2 rings (SSSR count). The van der Waals surface area contributed by atoms with Gasteiger partial charge in [-0.1, -0.05) is 23.1 Å². The second-order valence-electron chi connectivity index (χ2n) is 3.73. The predicted octanol–water partition coefficient (Wildman–Crippen LogP) is 0.924. The Morgan fingerprint density at radius 3 is 2.37 bits per heavy atom. The van der Waals surface area contributed by atoms with Crippen molar-refractivity contribution in [2.45, 2.75) is 18.2 Å². The van der Waals surface area contributed by atoms with E-state index in [1.807, 2.05) is 0 Å². The molecule has 0 spiro atoms. The minimum atomic E-state index is -0.969. The van der Waals surface area contributed by atoms with Gasteiger partial charge < -0.3 is 5.11 Å². The minimum Gasteiger partial charge on any atom is -0.481 e. The number of carbonyl (C=O) groups is 3. The Hall–Kier alpha value is -1.74. The second-order valence-corrected chi connectivity index (χ2v) is 5.91. The maximum absolute atomic E-state index is 11.9. The van der Waals surface area contributed by atoms with Crippen LogP contribution in [-0.2, 0) is 14.4 Å². The highest BCUT2D eigenvalue weighted by molar-refractivity contribution is 8.01. The maximum atomic E-state index is 11.9. The standard InChI is InChI=1S/C10H9N3O4S2/c1-4-5(2)8(17)13(7(4)16)9-11-12-10(19-9)18-3-6(14)15/h3H2,1-2H3,(H,14,15). The van der Waals surface area contributed by atoms with Crippen molar-refractivity contribution in [3.8, 4) is 0 Å². The molecule has 0 aliphatic carbocycles. The molecule has 19 heavy (non-hydrogen) atoms. The van der Waals surface area contributed by atoms with Gasteiger partial charge in [-0.15, -0.1) is 10.2 Å². The summed E-state index contributed by atoms with van der Waals surface area (Å²) in [5.41, 5.74) is 0.778. The number of nitrogens with zero attached hydrogens (tertiary/aromatic N) is 3. The molecule has 0 saturated carbocycles. The molecule has 100 valence electrons. The van der Waals surface area contributed by atoms with E-state index in [9.17, 15) is 14.4 Å². The number of imide groups is 1. The van der Waals surface area contributed by atoms with Crippen LogP contribution in [0.25, 0.3) is 0 Å². The van der Waals surface area contributed by atoms with Gasteiger partial charge in [0.05, 0.1) is 5.75 Å². The smallest absolute Gasteiger partial charge is 0.313 e. The highest BCUT2D eigenvalue weighted by Crippen LogP contribution is 2.32. The molecule has 7 nitrogen and oxygen atoms in total. The first-order valence-corrected chi connectivity index (χ1v) is 6.96. The van der Waals surface area contributed by atoms with Crippen molar-refractivity contribution in [2.24, 2.45) is 0 Å². The summed E-state index contributed by atoms with van der Waals surface area (Å²) in [6, 6.07) is 0. The summed E-state index contributed by atoms with van der Waals surface area (Å²) < 4.78 is 0.403. The summed E-state index contributed by atoms with van der Waals surface area (Å²) in [5.74, 6) is -1.93. The van der Waals surface area contributed by atoms with E-state index in [0.29, 0.717) is 15.5 Å². The van der Waals surface area contributed by atoms with Gasteiger partial charge in [-0.25, -0.2) is 4.90 Å². The van der Waals surface area contributed by atoms with Crippen LogP contribution in [0.15, 0.2) is 15.5 Å². The molecule has 1 aliphatic rings. The van der Waals surface area contributed by atoms with Crippen LogP contribution in [0.5, 0.6) is 0 Å². The van der Waals surface area contributed by atoms with E-state index in [-0.39, 0.29) is 10.9 Å². The Labute approximate surface area is 116 Å². The van der Waals surface area contributed by atoms with Crippen LogP contribution >= 0.6 is 23.1 Å². The molecule has 1 aromatic heterocycles. The monoisotopic (exact) mass is 299 g/mol. The number of carboxylic acids is 1. The molecule has 0 unspecified atom stereocenters. The van der Waals surface area contributed by atoms with Crippen molar-refractivity contribution < 1.29 is 19.5 Å².